The van der Waals surface area contributed by atoms with Gasteiger partial charge in [0.15, 0.2) is 9.84 Å². The number of hydrogen-bond acceptors (Lipinski definition) is 2. The topological polar surface area (TPSA) is 34.1 Å². The van der Waals surface area contributed by atoms with Gasteiger partial charge in [-0.1, -0.05) is 31.0 Å². The molecule has 2 rings (SSSR count). The second kappa shape index (κ2) is 4.76. The van der Waals surface area contributed by atoms with Crippen LogP contribution in [-0.2, 0) is 9.84 Å². The van der Waals surface area contributed by atoms with Gasteiger partial charge in [-0.2, -0.15) is 0 Å². The highest BCUT2D eigenvalue weighted by Crippen LogP contribution is 2.31. The molecule has 1 fully saturated rings. The van der Waals surface area contributed by atoms with Gasteiger partial charge >= 0.3 is 0 Å². The summed E-state index contributed by atoms with van der Waals surface area (Å²) in [5.41, 5.74) is 0. The van der Waals surface area contributed by atoms with Gasteiger partial charge in [-0.05, 0) is 25.0 Å². The lowest BCUT2D eigenvalue weighted by atomic mass is 10.00. The monoisotopic (exact) mass is 258 g/mol. The Morgan fingerprint density at radius 1 is 1.06 bits per heavy atom. The molecule has 2 nitrogen and oxygen atoms in total. The van der Waals surface area contributed by atoms with Crippen molar-refractivity contribution in [2.24, 2.45) is 0 Å². The van der Waals surface area contributed by atoms with Gasteiger partial charge in [-0.15, -0.1) is 11.6 Å². The normalized spacial score (nSPS) is 26.6. The molecule has 1 aromatic rings. The fourth-order valence-electron chi connectivity index (χ4n) is 2.19. The molecule has 0 aromatic heterocycles. The minimum Gasteiger partial charge on any atom is -0.223 e. The fraction of sp³-hybridized carbons (Fsp3) is 0.500. The van der Waals surface area contributed by atoms with E-state index in [9.17, 15) is 8.42 Å². The largest absolute Gasteiger partial charge is 0.223 e. The Balaban J connectivity index is 2.32. The molecule has 0 N–H and O–H groups in total. The van der Waals surface area contributed by atoms with E-state index < -0.39 is 15.1 Å². The minimum absolute atomic E-state index is 0.237. The SMILES string of the molecule is O=S(=O)(c1ccccc1)[C@H]1CCCC[C@@H]1Cl. The second-order valence-electron chi connectivity index (χ2n) is 4.20. The number of sulfone groups is 1. The molecule has 0 aliphatic heterocycles. The van der Waals surface area contributed by atoms with Crippen LogP contribution in [0.1, 0.15) is 25.7 Å². The van der Waals surface area contributed by atoms with E-state index in [0.717, 1.165) is 19.3 Å². The van der Waals surface area contributed by atoms with Crippen molar-refractivity contribution in [3.63, 3.8) is 0 Å². The van der Waals surface area contributed by atoms with Crippen molar-refractivity contribution in [2.75, 3.05) is 0 Å². The quantitative estimate of drug-likeness (QED) is 0.765. The third-order valence-electron chi connectivity index (χ3n) is 3.09. The van der Waals surface area contributed by atoms with E-state index in [0.29, 0.717) is 11.3 Å². The Kier molecular flexibility index (Phi) is 3.55. The van der Waals surface area contributed by atoms with Crippen molar-refractivity contribution in [3.8, 4) is 0 Å². The maximum Gasteiger partial charge on any atom is 0.182 e. The van der Waals surface area contributed by atoms with Crippen molar-refractivity contribution in [3.05, 3.63) is 30.3 Å². The van der Waals surface area contributed by atoms with Crippen LogP contribution in [0.25, 0.3) is 0 Å². The molecular weight excluding hydrogens is 244 g/mol. The molecule has 4 heteroatoms. The average Bonchev–Trinajstić information content (AvgIpc) is 2.30. The molecule has 0 amide bonds. The Hall–Kier alpha value is -0.540. The summed E-state index contributed by atoms with van der Waals surface area (Å²) in [4.78, 5) is 0.396. The first-order valence-electron chi connectivity index (χ1n) is 5.55. The van der Waals surface area contributed by atoms with Crippen LogP contribution < -0.4 is 0 Å². The third-order valence-corrected chi connectivity index (χ3v) is 6.05. The van der Waals surface area contributed by atoms with Gasteiger partial charge < -0.3 is 0 Å². The number of alkyl halides is 1. The van der Waals surface area contributed by atoms with Gasteiger partial charge in [-0.3, -0.25) is 0 Å². The molecule has 0 heterocycles. The van der Waals surface area contributed by atoms with E-state index in [1.165, 1.54) is 0 Å². The van der Waals surface area contributed by atoms with E-state index >= 15 is 0 Å². The maximum atomic E-state index is 12.3. The summed E-state index contributed by atoms with van der Waals surface area (Å²) in [6, 6.07) is 8.61. The maximum absolute atomic E-state index is 12.3. The van der Waals surface area contributed by atoms with Crippen molar-refractivity contribution in [1.29, 1.82) is 0 Å². The van der Waals surface area contributed by atoms with Crippen LogP contribution in [0.5, 0.6) is 0 Å². The first kappa shape index (κ1) is 11.9. The number of benzene rings is 1. The summed E-state index contributed by atoms with van der Waals surface area (Å²) >= 11 is 6.14. The number of halogens is 1. The van der Waals surface area contributed by atoms with Gasteiger partial charge in [0.25, 0.3) is 0 Å². The fourth-order valence-corrected chi connectivity index (χ4v) is 4.76. The number of rotatable bonds is 2. The number of hydrogen-bond donors (Lipinski definition) is 0. The highest BCUT2D eigenvalue weighted by atomic mass is 35.5. The summed E-state index contributed by atoms with van der Waals surface area (Å²) in [7, 11) is -3.24. The van der Waals surface area contributed by atoms with Gasteiger partial charge in [0.1, 0.15) is 0 Å². The Labute approximate surface area is 102 Å². The zero-order chi connectivity index (χ0) is 11.6. The Bertz CT molecular complexity index is 441. The van der Waals surface area contributed by atoms with Crippen molar-refractivity contribution in [1.82, 2.24) is 0 Å². The lowest BCUT2D eigenvalue weighted by Gasteiger charge is -2.26. The summed E-state index contributed by atoms with van der Waals surface area (Å²) in [5.74, 6) is 0. The molecule has 0 spiro atoms. The first-order valence-corrected chi connectivity index (χ1v) is 7.53. The van der Waals surface area contributed by atoms with Crippen LogP contribution in [0, 0.1) is 0 Å². The molecule has 1 aliphatic carbocycles. The molecule has 0 bridgehead atoms. The smallest absolute Gasteiger partial charge is 0.182 e. The van der Waals surface area contributed by atoms with Gasteiger partial charge in [0.05, 0.1) is 15.5 Å². The molecule has 1 aromatic carbocycles. The van der Waals surface area contributed by atoms with E-state index in [2.05, 4.69) is 0 Å². The van der Waals surface area contributed by atoms with Crippen LogP contribution in [0.3, 0.4) is 0 Å². The molecule has 0 saturated heterocycles. The highest BCUT2D eigenvalue weighted by molar-refractivity contribution is 7.92. The van der Waals surface area contributed by atoms with Crippen LogP contribution in [0.15, 0.2) is 35.2 Å². The van der Waals surface area contributed by atoms with Crippen molar-refractivity contribution < 1.29 is 8.42 Å². The Morgan fingerprint density at radius 2 is 1.69 bits per heavy atom. The summed E-state index contributed by atoms with van der Waals surface area (Å²) in [5, 5.41) is -0.649. The van der Waals surface area contributed by atoms with E-state index in [1.54, 1.807) is 24.3 Å². The third kappa shape index (κ3) is 2.25. The molecule has 2 atom stereocenters. The molecule has 16 heavy (non-hydrogen) atoms. The van der Waals surface area contributed by atoms with Crippen molar-refractivity contribution >= 4 is 21.4 Å². The molecule has 0 radical (unpaired) electrons. The second-order valence-corrected chi connectivity index (χ2v) is 6.92. The lowest BCUT2D eigenvalue weighted by molar-refractivity contribution is 0.489. The predicted molar refractivity (Wildman–Crippen MR) is 65.5 cm³/mol. The van der Waals surface area contributed by atoms with Gasteiger partial charge in [0, 0.05) is 0 Å². The van der Waals surface area contributed by atoms with E-state index in [4.69, 9.17) is 11.6 Å². The van der Waals surface area contributed by atoms with Crippen LogP contribution >= 0.6 is 11.6 Å². The lowest BCUT2D eigenvalue weighted by Crippen LogP contribution is -2.33. The highest BCUT2D eigenvalue weighted by Gasteiger charge is 2.35. The first-order chi connectivity index (χ1) is 7.62. The van der Waals surface area contributed by atoms with E-state index in [-0.39, 0.29) is 5.38 Å². The van der Waals surface area contributed by atoms with Crippen LogP contribution in [-0.4, -0.2) is 19.0 Å². The zero-order valence-electron chi connectivity index (χ0n) is 8.97. The molecule has 1 saturated carbocycles. The molecule has 88 valence electrons. The molecule has 0 unspecified atom stereocenters. The predicted octanol–water partition coefficient (Wildman–Crippen LogP) is 3.01. The van der Waals surface area contributed by atoms with E-state index in [1.807, 2.05) is 6.07 Å². The minimum atomic E-state index is -3.24. The standard InChI is InChI=1S/C12H15ClO2S/c13-11-8-4-5-9-12(11)16(14,15)10-6-2-1-3-7-10/h1-3,6-7,11-12H,4-5,8-9H2/t11-,12-/m0/s1. The van der Waals surface area contributed by atoms with Gasteiger partial charge in [-0.25, -0.2) is 8.42 Å². The summed E-state index contributed by atoms with van der Waals surface area (Å²) in [6.07, 6.45) is 3.48. The molecule has 1 aliphatic rings. The van der Waals surface area contributed by atoms with Crippen LogP contribution in [0.2, 0.25) is 0 Å². The summed E-state index contributed by atoms with van der Waals surface area (Å²) in [6.45, 7) is 0. The van der Waals surface area contributed by atoms with Crippen molar-refractivity contribution in [2.45, 2.75) is 41.2 Å². The summed E-state index contributed by atoms with van der Waals surface area (Å²) < 4.78 is 24.6. The average molecular weight is 259 g/mol. The van der Waals surface area contributed by atoms with Crippen LogP contribution in [0.4, 0.5) is 0 Å². The Morgan fingerprint density at radius 3 is 2.31 bits per heavy atom. The van der Waals surface area contributed by atoms with Gasteiger partial charge in [0.2, 0.25) is 0 Å². The zero-order valence-corrected chi connectivity index (χ0v) is 10.5. The molecular formula is C12H15ClO2S.